The van der Waals surface area contributed by atoms with Crippen molar-refractivity contribution in [2.24, 2.45) is 0 Å². The third-order valence-corrected chi connectivity index (χ3v) is 3.48. The van der Waals surface area contributed by atoms with Crippen LogP contribution in [0.25, 0.3) is 0 Å². The topological polar surface area (TPSA) is 35.8 Å². The Balaban J connectivity index is 2.44. The van der Waals surface area contributed by atoms with E-state index in [-0.39, 0.29) is 0 Å². The number of nitrogens with one attached hydrogen (secondary N) is 1. The van der Waals surface area contributed by atoms with Crippen molar-refractivity contribution in [1.82, 2.24) is 0 Å². The normalized spacial score (nSPS) is 9.89. The quantitative estimate of drug-likeness (QED) is 0.820. The molecule has 0 amide bonds. The molecule has 0 heterocycles. The minimum atomic E-state index is 0.371. The molecule has 2 rings (SSSR count). The SMILES string of the molecule is N#Cc1c(Cl)cccc1Nc1cccc(Cl)c1Cl. The predicted molar refractivity (Wildman–Crippen MR) is 75.9 cm³/mol. The number of rotatable bonds is 2. The van der Waals surface area contributed by atoms with Gasteiger partial charge in [0.05, 0.1) is 32.0 Å². The molecule has 0 fully saturated rings. The van der Waals surface area contributed by atoms with Crippen molar-refractivity contribution >= 4 is 46.2 Å². The molecule has 0 aliphatic carbocycles. The minimum absolute atomic E-state index is 0.371. The van der Waals surface area contributed by atoms with Crippen LogP contribution in [0.1, 0.15) is 5.56 Å². The zero-order valence-electron chi connectivity index (χ0n) is 9.05. The Morgan fingerprint density at radius 1 is 0.889 bits per heavy atom. The Morgan fingerprint density at radius 3 is 2.17 bits per heavy atom. The van der Waals surface area contributed by atoms with E-state index in [1.165, 1.54) is 0 Å². The predicted octanol–water partition coefficient (Wildman–Crippen LogP) is 5.26. The lowest BCUT2D eigenvalue weighted by Gasteiger charge is -2.11. The largest absolute Gasteiger partial charge is 0.353 e. The fourth-order valence-electron chi connectivity index (χ4n) is 1.49. The maximum atomic E-state index is 9.07. The summed E-state index contributed by atoms with van der Waals surface area (Å²) in [5.41, 5.74) is 1.59. The molecule has 0 bridgehead atoms. The molecular formula is C13H7Cl3N2. The third-order valence-electron chi connectivity index (χ3n) is 2.35. The molecule has 0 spiro atoms. The number of nitriles is 1. The van der Waals surface area contributed by atoms with Gasteiger partial charge in [0, 0.05) is 0 Å². The van der Waals surface area contributed by atoms with Gasteiger partial charge in [0.1, 0.15) is 6.07 Å². The van der Waals surface area contributed by atoms with Crippen LogP contribution in [-0.2, 0) is 0 Å². The molecule has 2 nitrogen and oxygen atoms in total. The smallest absolute Gasteiger partial charge is 0.103 e. The van der Waals surface area contributed by atoms with Crippen LogP contribution in [0.15, 0.2) is 36.4 Å². The zero-order chi connectivity index (χ0) is 13.1. The van der Waals surface area contributed by atoms with Gasteiger partial charge < -0.3 is 5.32 Å². The highest BCUT2D eigenvalue weighted by Gasteiger charge is 2.09. The molecule has 0 radical (unpaired) electrons. The van der Waals surface area contributed by atoms with E-state index in [1.54, 1.807) is 36.4 Å². The van der Waals surface area contributed by atoms with Crippen molar-refractivity contribution in [3.8, 4) is 6.07 Å². The third kappa shape index (κ3) is 2.54. The first-order valence-electron chi connectivity index (χ1n) is 5.03. The van der Waals surface area contributed by atoms with Crippen molar-refractivity contribution < 1.29 is 0 Å². The van der Waals surface area contributed by atoms with E-state index in [2.05, 4.69) is 5.32 Å². The molecule has 0 aliphatic rings. The van der Waals surface area contributed by atoms with Crippen molar-refractivity contribution in [3.05, 3.63) is 57.0 Å². The van der Waals surface area contributed by atoms with Gasteiger partial charge in [-0.3, -0.25) is 0 Å². The van der Waals surface area contributed by atoms with Gasteiger partial charge in [0.2, 0.25) is 0 Å². The highest BCUT2D eigenvalue weighted by molar-refractivity contribution is 6.43. The summed E-state index contributed by atoms with van der Waals surface area (Å²) < 4.78 is 0. The van der Waals surface area contributed by atoms with Gasteiger partial charge in [-0.25, -0.2) is 0 Å². The summed E-state index contributed by atoms with van der Waals surface area (Å²) in [5, 5.41) is 13.4. The summed E-state index contributed by atoms with van der Waals surface area (Å²) in [6, 6.07) is 12.4. The molecular weight excluding hydrogens is 291 g/mol. The summed E-state index contributed by atoms with van der Waals surface area (Å²) in [7, 11) is 0. The van der Waals surface area contributed by atoms with Gasteiger partial charge in [0.25, 0.3) is 0 Å². The van der Waals surface area contributed by atoms with Crippen LogP contribution < -0.4 is 5.32 Å². The number of hydrogen-bond donors (Lipinski definition) is 1. The molecule has 0 saturated carbocycles. The fraction of sp³-hybridized carbons (Fsp3) is 0. The Morgan fingerprint density at radius 2 is 1.50 bits per heavy atom. The molecule has 5 heteroatoms. The first kappa shape index (κ1) is 13.0. The molecule has 2 aromatic rings. The van der Waals surface area contributed by atoms with Crippen molar-refractivity contribution in [2.75, 3.05) is 5.32 Å². The molecule has 18 heavy (non-hydrogen) atoms. The Hall–Kier alpha value is -1.40. The summed E-state index contributed by atoms with van der Waals surface area (Å²) in [4.78, 5) is 0. The van der Waals surface area contributed by atoms with Crippen molar-refractivity contribution in [2.45, 2.75) is 0 Å². The van der Waals surface area contributed by atoms with Crippen LogP contribution in [0, 0.1) is 11.3 Å². The molecule has 0 atom stereocenters. The van der Waals surface area contributed by atoms with Crippen LogP contribution in [0.3, 0.4) is 0 Å². The van der Waals surface area contributed by atoms with Gasteiger partial charge >= 0.3 is 0 Å². The number of hydrogen-bond acceptors (Lipinski definition) is 2. The van der Waals surface area contributed by atoms with Gasteiger partial charge in [-0.2, -0.15) is 5.26 Å². The molecule has 2 aromatic carbocycles. The van der Waals surface area contributed by atoms with Gasteiger partial charge in [0.15, 0.2) is 0 Å². The fourth-order valence-corrected chi connectivity index (χ4v) is 2.05. The monoisotopic (exact) mass is 296 g/mol. The molecule has 0 saturated heterocycles. The molecule has 90 valence electrons. The molecule has 0 aliphatic heterocycles. The minimum Gasteiger partial charge on any atom is -0.353 e. The van der Waals surface area contributed by atoms with E-state index in [0.29, 0.717) is 32.0 Å². The highest BCUT2D eigenvalue weighted by Crippen LogP contribution is 2.33. The lowest BCUT2D eigenvalue weighted by atomic mass is 10.2. The van der Waals surface area contributed by atoms with E-state index >= 15 is 0 Å². The van der Waals surface area contributed by atoms with E-state index in [1.807, 2.05) is 6.07 Å². The maximum Gasteiger partial charge on any atom is 0.103 e. The van der Waals surface area contributed by atoms with Crippen LogP contribution >= 0.6 is 34.8 Å². The second kappa shape index (κ2) is 5.49. The van der Waals surface area contributed by atoms with Crippen molar-refractivity contribution in [1.29, 1.82) is 5.26 Å². The summed E-state index contributed by atoms with van der Waals surface area (Å²) in [6.45, 7) is 0. The van der Waals surface area contributed by atoms with E-state index in [9.17, 15) is 0 Å². The lowest BCUT2D eigenvalue weighted by molar-refractivity contribution is 1.46. The average molecular weight is 298 g/mol. The first-order chi connectivity index (χ1) is 8.63. The second-order valence-electron chi connectivity index (χ2n) is 3.50. The highest BCUT2D eigenvalue weighted by atomic mass is 35.5. The van der Waals surface area contributed by atoms with Gasteiger partial charge in [-0.05, 0) is 24.3 Å². The maximum absolute atomic E-state index is 9.07. The van der Waals surface area contributed by atoms with Crippen LogP contribution in [0.2, 0.25) is 15.1 Å². The lowest BCUT2D eigenvalue weighted by Crippen LogP contribution is -1.95. The average Bonchev–Trinajstić information content (AvgIpc) is 2.35. The van der Waals surface area contributed by atoms with E-state index in [4.69, 9.17) is 40.1 Å². The molecule has 0 aromatic heterocycles. The number of anilines is 2. The van der Waals surface area contributed by atoms with Crippen LogP contribution in [-0.4, -0.2) is 0 Å². The van der Waals surface area contributed by atoms with E-state index in [0.717, 1.165) is 0 Å². The van der Waals surface area contributed by atoms with Crippen molar-refractivity contribution in [3.63, 3.8) is 0 Å². The molecule has 0 unspecified atom stereocenters. The Bertz CT molecular complexity index is 633. The summed E-state index contributed by atoms with van der Waals surface area (Å²) in [6.07, 6.45) is 0. The Labute approximate surface area is 120 Å². The standard InChI is InChI=1S/C13H7Cl3N2/c14-9-3-1-5-11(8(9)7-17)18-12-6-2-4-10(15)13(12)16/h1-6,18H. The number of nitrogens with zero attached hydrogens (tertiary/aromatic N) is 1. The summed E-state index contributed by atoms with van der Waals surface area (Å²) in [5.74, 6) is 0. The number of halogens is 3. The van der Waals surface area contributed by atoms with E-state index < -0.39 is 0 Å². The second-order valence-corrected chi connectivity index (χ2v) is 4.69. The molecule has 1 N–H and O–H groups in total. The van der Waals surface area contributed by atoms with Gasteiger partial charge in [-0.1, -0.05) is 46.9 Å². The number of benzene rings is 2. The van der Waals surface area contributed by atoms with Crippen LogP contribution in [0.4, 0.5) is 11.4 Å². The van der Waals surface area contributed by atoms with Gasteiger partial charge in [-0.15, -0.1) is 0 Å². The zero-order valence-corrected chi connectivity index (χ0v) is 11.3. The first-order valence-corrected chi connectivity index (χ1v) is 6.16. The summed E-state index contributed by atoms with van der Waals surface area (Å²) >= 11 is 17.9. The van der Waals surface area contributed by atoms with Crippen LogP contribution in [0.5, 0.6) is 0 Å². The Kier molecular flexibility index (Phi) is 3.98.